The normalized spacial score (nSPS) is 30.8. The number of halogens is 3. The number of carbonyl (C=O) groups is 1. The minimum atomic E-state index is -2.19. The van der Waals surface area contributed by atoms with Crippen LogP contribution in [-0.2, 0) is 23.7 Å². The van der Waals surface area contributed by atoms with Crippen molar-refractivity contribution in [1.82, 2.24) is 48.6 Å². The number of nitrogens with two attached hydrogens (primary N) is 2. The van der Waals surface area contributed by atoms with Crippen molar-refractivity contribution in [1.29, 1.82) is 0 Å². The fraction of sp³-hybridized carbons (Fsp3) is 0.583. The number of imidazole rings is 3. The molecule has 12 N–H and O–H groups in total. The Kier molecular flexibility index (Phi) is 15.3. The number of ether oxygens (including phenoxy) is 4. The summed E-state index contributed by atoms with van der Waals surface area (Å²) in [6.07, 6.45) is -10.5. The molecular weight excluding hydrogens is 1000 g/mol. The average Bonchev–Trinajstić information content (AvgIpc) is 4.22. The zero-order valence-corrected chi connectivity index (χ0v) is 38.8. The molecule has 35 nitrogen and oxygen atoms in total. The molecule has 0 aromatic carbocycles. The van der Waals surface area contributed by atoms with E-state index in [1.165, 1.54) is 28.7 Å². The van der Waals surface area contributed by atoms with E-state index < -0.39 is 109 Å². The third-order valence-electron chi connectivity index (χ3n) is 12.0. The second kappa shape index (κ2) is 21.1. The molecule has 74 heavy (non-hydrogen) atoms. The van der Waals surface area contributed by atoms with Crippen LogP contribution in [0, 0.1) is 5.92 Å². The first kappa shape index (κ1) is 53.6. The van der Waals surface area contributed by atoms with E-state index in [1.54, 1.807) is 20.8 Å². The average molecular weight is 1050 g/mol. The number of hydrogen-bond acceptors (Lipinski definition) is 23. The third-order valence-corrected chi connectivity index (χ3v) is 12.0. The van der Waals surface area contributed by atoms with Crippen molar-refractivity contribution in [2.75, 3.05) is 36.2 Å². The molecule has 9 rings (SSSR count). The number of nitrogens with one attached hydrogen (secondary N) is 4. The Hall–Kier alpha value is -8.15. The van der Waals surface area contributed by atoms with E-state index in [-0.39, 0.29) is 52.4 Å². The van der Waals surface area contributed by atoms with E-state index in [1.807, 2.05) is 0 Å². The van der Waals surface area contributed by atoms with Crippen LogP contribution in [0.2, 0.25) is 0 Å². The first-order chi connectivity index (χ1) is 35.2. The summed E-state index contributed by atoms with van der Waals surface area (Å²) in [5.74, 6) is -1.16. The molecule has 1 amide bonds. The van der Waals surface area contributed by atoms with Gasteiger partial charge in [-0.15, -0.1) is 0 Å². The van der Waals surface area contributed by atoms with Crippen LogP contribution >= 0.6 is 0 Å². The first-order valence-electron chi connectivity index (χ1n) is 21.7. The first-order valence-corrected chi connectivity index (χ1v) is 21.7. The summed E-state index contributed by atoms with van der Waals surface area (Å²) >= 11 is 0. The molecule has 0 spiro atoms. The Bertz CT molecular complexity index is 3220. The van der Waals surface area contributed by atoms with Gasteiger partial charge in [-0.2, -0.15) is 9.97 Å². The lowest BCUT2D eigenvalue weighted by molar-refractivity contribution is -0.123. The van der Waals surface area contributed by atoms with Gasteiger partial charge in [0.1, 0.15) is 23.7 Å². The van der Waals surface area contributed by atoms with Crippen molar-refractivity contribution < 1.29 is 57.3 Å². The van der Waals surface area contributed by atoms with Crippen LogP contribution in [0.15, 0.2) is 48.9 Å². The van der Waals surface area contributed by atoms with Crippen molar-refractivity contribution in [3.05, 3.63) is 76.7 Å². The molecule has 0 aliphatic carbocycles. The molecule has 4 aliphatic rings. The zero-order chi connectivity index (χ0) is 54.0. The highest BCUT2D eigenvalue weighted by Gasteiger charge is 2.58. The number of aliphatic hydroxyl groups excluding tert-OH is 4. The number of nitrogens with zero attached hydrogens (tertiary/aromatic N) is 18. The summed E-state index contributed by atoms with van der Waals surface area (Å²) in [5, 5.41) is 53.9. The second-order valence-corrected chi connectivity index (χ2v) is 16.3. The predicted octanol–water partition coefficient (Wildman–Crippen LogP) is 0.811. The van der Waals surface area contributed by atoms with E-state index >= 15 is 0 Å². The largest absolute Gasteiger partial charge is 0.393 e. The van der Waals surface area contributed by atoms with Gasteiger partial charge in [0, 0.05) is 34.2 Å². The number of nitrogen functional groups attached to an aromatic ring is 1. The number of fused-ring (bicyclic) bond motifs is 3. The molecule has 0 saturated carbocycles. The number of aliphatic imine (C=N–C) groups is 1. The van der Waals surface area contributed by atoms with E-state index in [2.05, 4.69) is 80.6 Å². The lowest BCUT2D eigenvalue weighted by Crippen LogP contribution is -2.43. The van der Waals surface area contributed by atoms with Crippen molar-refractivity contribution in [2.24, 2.45) is 32.0 Å². The highest BCUT2D eigenvalue weighted by Crippen LogP contribution is 2.47. The molecule has 0 radical (unpaired) electrons. The number of aliphatic hydroxyl groups is 4. The molecule has 3 saturated heterocycles. The molecular formula is C36H45F3N24O11. The van der Waals surface area contributed by atoms with Gasteiger partial charge >= 0.3 is 0 Å². The number of anilines is 3. The Labute approximate surface area is 409 Å². The number of guanidine groups is 1. The van der Waals surface area contributed by atoms with Gasteiger partial charge in [0.05, 0.1) is 32.2 Å². The summed E-state index contributed by atoms with van der Waals surface area (Å²) in [5.41, 5.74) is 30.4. The van der Waals surface area contributed by atoms with Crippen molar-refractivity contribution in [2.45, 2.75) is 107 Å². The van der Waals surface area contributed by atoms with Gasteiger partial charge in [-0.25, -0.2) is 33.1 Å². The number of H-pyrrole nitrogens is 2. The summed E-state index contributed by atoms with van der Waals surface area (Å²) in [6.45, 7) is 4.85. The maximum absolute atomic E-state index is 14.9. The molecule has 1 unspecified atom stereocenters. The van der Waals surface area contributed by atoms with Gasteiger partial charge in [0.15, 0.2) is 77.4 Å². The molecule has 9 heterocycles. The number of hydrogen-bond donors (Lipinski definition) is 10. The van der Waals surface area contributed by atoms with E-state index in [0.29, 0.717) is 12.3 Å². The van der Waals surface area contributed by atoms with Crippen LogP contribution in [0.25, 0.3) is 53.7 Å². The standard InChI is InChI=1S/C14H17FN8O3.C12H17FN8O4.C10H11FN8O4/c1-4-14(21-22-16)6(2)8(15)12(26-14)23-5-17-9-10(23)19-13(18-7(3)24)20-11(9)25;1-2-24-9-6-8(17-11(14)18-9)21(4-16-6)10-5(13)7(23)12(3-22,25-10)19-20-15;11-3-5(21)10(1-20,17-18-13)23-8(3)19-2-14-4-6(19)15-9(12)16-7(4)22/h5-6,8,12H,4H2,1-3H3,(H2,18,19,20,24,25);4-5,7,9-10,22-23H,2-3H2,1H3,(H3,14,17,18);2-3,5,8,20-21H,1H2,(H3,12,15,16,22)/t6-,8+,12+,14+;5-,7+,9?,10-,12-;3-,5+,8-,10-/m011/s1. The van der Waals surface area contributed by atoms with Crippen LogP contribution in [0.3, 0.4) is 0 Å². The number of amides is 1. The summed E-state index contributed by atoms with van der Waals surface area (Å²) in [7, 11) is 0. The predicted molar refractivity (Wildman–Crippen MR) is 243 cm³/mol. The summed E-state index contributed by atoms with van der Waals surface area (Å²) in [4.78, 5) is 71.3. The maximum atomic E-state index is 14.9. The van der Waals surface area contributed by atoms with Gasteiger partial charge in [-0.05, 0) is 29.9 Å². The van der Waals surface area contributed by atoms with Crippen LogP contribution < -0.4 is 33.2 Å². The number of rotatable bonds is 12. The van der Waals surface area contributed by atoms with Crippen molar-refractivity contribution in [3.63, 3.8) is 0 Å². The molecule has 5 aromatic rings. The minimum Gasteiger partial charge on any atom is -0.393 e. The summed E-state index contributed by atoms with van der Waals surface area (Å²) in [6, 6.07) is 0. The molecule has 38 heteroatoms. The topological polar surface area (TPSA) is 515 Å². The number of carbonyl (C=O) groups excluding carboxylic acids is 1. The number of aromatic nitrogens is 10. The van der Waals surface area contributed by atoms with E-state index in [4.69, 9.17) is 47.0 Å². The fourth-order valence-electron chi connectivity index (χ4n) is 8.27. The monoisotopic (exact) mass is 1050 g/mol. The molecule has 4 aliphatic heterocycles. The third kappa shape index (κ3) is 9.39. The molecule has 13 atom stereocenters. The Morgan fingerprint density at radius 3 is 1.81 bits per heavy atom. The van der Waals surface area contributed by atoms with Crippen LogP contribution in [0.5, 0.6) is 0 Å². The molecule has 396 valence electrons. The van der Waals surface area contributed by atoms with E-state index in [0.717, 1.165) is 10.9 Å². The number of azide groups is 3. The van der Waals surface area contributed by atoms with Gasteiger partial charge in [0.25, 0.3) is 11.1 Å². The molecule has 0 bridgehead atoms. The highest BCUT2D eigenvalue weighted by atomic mass is 19.1. The number of aromatic amines is 2. The van der Waals surface area contributed by atoms with Crippen molar-refractivity contribution >= 4 is 51.9 Å². The lowest BCUT2D eigenvalue weighted by Gasteiger charge is -2.25. The summed E-state index contributed by atoms with van der Waals surface area (Å²) < 4.78 is 69.3. The SMILES string of the molecule is CCOC1N=C(N)Nc2c1ncn2[C@@H]1O[C@@](CO)(N=[N+]=[N-])[C@@H](O)[C@H]1F.CC[C@@]1(N=[N+]=[N-])O[C@@H](n2cnc3c(=O)[nH]c(NC(C)=O)nc32)[C@H](F)[C@@H]1C.[N-]=[N+]=N[C@]1(CO)O[C@@H](n2cnc3c(=O)[nH]c(N)nc32)[C@H](F)[C@@H]1O. The molecule has 3 fully saturated rings. The van der Waals surface area contributed by atoms with Gasteiger partial charge in [0.2, 0.25) is 29.3 Å². The molecule has 5 aromatic heterocycles. The smallest absolute Gasteiger partial charge is 0.280 e. The Morgan fingerprint density at radius 2 is 1.30 bits per heavy atom. The van der Waals surface area contributed by atoms with Crippen LogP contribution in [0.1, 0.15) is 64.7 Å². The Morgan fingerprint density at radius 1 is 0.811 bits per heavy atom. The zero-order valence-electron chi connectivity index (χ0n) is 38.8. The number of alkyl halides is 3. The van der Waals surface area contributed by atoms with Crippen LogP contribution in [0.4, 0.5) is 30.9 Å². The fourth-order valence-corrected chi connectivity index (χ4v) is 8.27. The minimum absolute atomic E-state index is 0.0275. The van der Waals surface area contributed by atoms with Gasteiger partial charge < -0.3 is 56.2 Å². The van der Waals surface area contributed by atoms with E-state index in [9.17, 15) is 48.0 Å². The lowest BCUT2D eigenvalue weighted by atomic mass is 9.94. The highest BCUT2D eigenvalue weighted by molar-refractivity contribution is 5.93. The van der Waals surface area contributed by atoms with Gasteiger partial charge in [-0.3, -0.25) is 43.4 Å². The quantitative estimate of drug-likeness (QED) is 0.0469. The van der Waals surface area contributed by atoms with Gasteiger partial charge in [-0.1, -0.05) is 29.2 Å². The second-order valence-electron chi connectivity index (χ2n) is 16.3. The van der Waals surface area contributed by atoms with Crippen LogP contribution in [-0.4, -0.2) is 149 Å². The maximum Gasteiger partial charge on any atom is 0.280 e. The Balaban J connectivity index is 0.000000162. The van der Waals surface area contributed by atoms with Crippen molar-refractivity contribution in [3.8, 4) is 0 Å².